The second-order valence-electron chi connectivity index (χ2n) is 4.43. The molecule has 0 aromatic carbocycles. The van der Waals surface area contributed by atoms with Crippen LogP contribution in [-0.4, -0.2) is 16.0 Å². The van der Waals surface area contributed by atoms with Gasteiger partial charge in [-0.05, 0) is 24.5 Å². The maximum Gasteiger partial charge on any atom is 0.260 e. The molecule has 2 aromatic rings. The Bertz CT molecular complexity index is 561. The van der Waals surface area contributed by atoms with E-state index in [2.05, 4.69) is 29.3 Å². The molecular formula is C13H15N3O2. The third-order valence-electron chi connectivity index (χ3n) is 2.68. The van der Waals surface area contributed by atoms with E-state index in [-0.39, 0.29) is 5.91 Å². The van der Waals surface area contributed by atoms with Gasteiger partial charge in [-0.3, -0.25) is 9.78 Å². The first kappa shape index (κ1) is 12.3. The summed E-state index contributed by atoms with van der Waals surface area (Å²) in [5.41, 5.74) is 2.76. The molecule has 0 aliphatic heterocycles. The average Bonchev–Trinajstić information content (AvgIpc) is 2.76. The maximum absolute atomic E-state index is 11.9. The lowest BCUT2D eigenvalue weighted by Gasteiger charge is -2.08. The van der Waals surface area contributed by atoms with Gasteiger partial charge in [0.25, 0.3) is 5.91 Å². The predicted molar refractivity (Wildman–Crippen MR) is 67.5 cm³/mol. The molecule has 1 amide bonds. The summed E-state index contributed by atoms with van der Waals surface area (Å²) in [4.78, 5) is 16.0. The molecule has 0 unspecified atom stereocenters. The van der Waals surface area contributed by atoms with E-state index in [4.69, 9.17) is 4.52 Å². The van der Waals surface area contributed by atoms with Crippen LogP contribution in [0.3, 0.4) is 0 Å². The molecule has 0 saturated heterocycles. The summed E-state index contributed by atoms with van der Waals surface area (Å²) in [6, 6.07) is 1.92. The fourth-order valence-electron chi connectivity index (χ4n) is 1.55. The van der Waals surface area contributed by atoms with Crippen molar-refractivity contribution in [3.05, 3.63) is 41.5 Å². The minimum atomic E-state index is -0.239. The Morgan fingerprint density at radius 3 is 2.78 bits per heavy atom. The second kappa shape index (κ2) is 5.00. The van der Waals surface area contributed by atoms with Crippen molar-refractivity contribution in [2.24, 2.45) is 0 Å². The Labute approximate surface area is 105 Å². The Morgan fingerprint density at radius 2 is 2.17 bits per heavy atom. The van der Waals surface area contributed by atoms with Crippen LogP contribution in [-0.2, 0) is 0 Å². The van der Waals surface area contributed by atoms with Crippen molar-refractivity contribution in [1.29, 1.82) is 0 Å². The third-order valence-corrected chi connectivity index (χ3v) is 2.68. The van der Waals surface area contributed by atoms with Gasteiger partial charge in [-0.25, -0.2) is 0 Å². The Morgan fingerprint density at radius 1 is 1.39 bits per heavy atom. The summed E-state index contributed by atoms with van der Waals surface area (Å²) in [6.45, 7) is 5.88. The number of rotatable bonds is 3. The van der Waals surface area contributed by atoms with Crippen LogP contribution >= 0.6 is 0 Å². The van der Waals surface area contributed by atoms with Crippen molar-refractivity contribution < 1.29 is 9.32 Å². The summed E-state index contributed by atoms with van der Waals surface area (Å²) in [6.07, 6.45) is 4.75. The topological polar surface area (TPSA) is 68.0 Å². The highest BCUT2D eigenvalue weighted by atomic mass is 16.5. The average molecular weight is 245 g/mol. The van der Waals surface area contributed by atoms with Crippen LogP contribution in [0.1, 0.15) is 41.4 Å². The monoisotopic (exact) mass is 245 g/mol. The molecule has 0 atom stereocenters. The van der Waals surface area contributed by atoms with E-state index < -0.39 is 0 Å². The number of nitrogens with one attached hydrogen (secondary N) is 1. The van der Waals surface area contributed by atoms with Gasteiger partial charge in [0.2, 0.25) is 0 Å². The molecule has 0 saturated carbocycles. The number of aromatic nitrogens is 2. The van der Waals surface area contributed by atoms with Gasteiger partial charge in [0.15, 0.2) is 0 Å². The van der Waals surface area contributed by atoms with E-state index >= 15 is 0 Å². The first-order valence-corrected chi connectivity index (χ1v) is 5.75. The molecule has 0 aliphatic carbocycles. The van der Waals surface area contributed by atoms with Crippen LogP contribution in [0.4, 0.5) is 5.69 Å². The predicted octanol–water partition coefficient (Wildman–Crippen LogP) is 2.75. The zero-order valence-corrected chi connectivity index (χ0v) is 10.6. The van der Waals surface area contributed by atoms with Crippen molar-refractivity contribution in [3.8, 4) is 0 Å². The van der Waals surface area contributed by atoms with Gasteiger partial charge in [-0.2, -0.15) is 0 Å². The number of amides is 1. The van der Waals surface area contributed by atoms with E-state index in [0.29, 0.717) is 22.9 Å². The van der Waals surface area contributed by atoms with E-state index in [0.717, 1.165) is 5.56 Å². The van der Waals surface area contributed by atoms with E-state index in [1.165, 1.54) is 6.26 Å². The quantitative estimate of drug-likeness (QED) is 0.902. The molecule has 18 heavy (non-hydrogen) atoms. The minimum Gasteiger partial charge on any atom is -0.364 e. The highest BCUT2D eigenvalue weighted by molar-refractivity contribution is 6.04. The number of hydrogen-bond donors (Lipinski definition) is 1. The van der Waals surface area contributed by atoms with Crippen LogP contribution in [0.5, 0.6) is 0 Å². The van der Waals surface area contributed by atoms with E-state index in [1.54, 1.807) is 19.3 Å². The highest BCUT2D eigenvalue weighted by Crippen LogP contribution is 2.17. The summed E-state index contributed by atoms with van der Waals surface area (Å²) in [5, 5.41) is 6.45. The van der Waals surface area contributed by atoms with Crippen molar-refractivity contribution in [2.45, 2.75) is 26.7 Å². The summed E-state index contributed by atoms with van der Waals surface area (Å²) < 4.78 is 4.74. The van der Waals surface area contributed by atoms with Gasteiger partial charge in [0, 0.05) is 6.20 Å². The van der Waals surface area contributed by atoms with Gasteiger partial charge in [0.05, 0.1) is 17.6 Å². The van der Waals surface area contributed by atoms with Crippen molar-refractivity contribution >= 4 is 11.6 Å². The third kappa shape index (κ3) is 2.56. The van der Waals surface area contributed by atoms with Crippen molar-refractivity contribution in [3.63, 3.8) is 0 Å². The molecule has 5 nitrogen and oxygen atoms in total. The molecule has 5 heteroatoms. The molecule has 0 spiro atoms. The van der Waals surface area contributed by atoms with Crippen LogP contribution in [0.15, 0.2) is 29.2 Å². The molecule has 2 heterocycles. The Hall–Kier alpha value is -2.17. The number of carbonyl (C=O) groups excluding carboxylic acids is 1. The fraction of sp³-hybridized carbons (Fsp3) is 0.308. The summed E-state index contributed by atoms with van der Waals surface area (Å²) in [5.74, 6) is 0.128. The molecule has 1 N–H and O–H groups in total. The number of nitrogens with zero attached hydrogens (tertiary/aromatic N) is 2. The highest BCUT2D eigenvalue weighted by Gasteiger charge is 2.13. The van der Waals surface area contributed by atoms with Crippen LogP contribution in [0.2, 0.25) is 0 Å². The van der Waals surface area contributed by atoms with Crippen LogP contribution < -0.4 is 5.32 Å². The first-order valence-electron chi connectivity index (χ1n) is 5.75. The molecular weight excluding hydrogens is 230 g/mol. The molecule has 94 valence electrons. The lowest BCUT2D eigenvalue weighted by molar-refractivity contribution is 0.102. The van der Waals surface area contributed by atoms with Gasteiger partial charge >= 0.3 is 0 Å². The summed E-state index contributed by atoms with van der Waals surface area (Å²) in [7, 11) is 0. The van der Waals surface area contributed by atoms with Gasteiger partial charge < -0.3 is 9.84 Å². The Kier molecular flexibility index (Phi) is 3.41. The fourth-order valence-corrected chi connectivity index (χ4v) is 1.55. The van der Waals surface area contributed by atoms with Crippen molar-refractivity contribution in [2.75, 3.05) is 5.32 Å². The number of anilines is 1. The molecule has 0 fully saturated rings. The molecule has 2 aromatic heterocycles. The van der Waals surface area contributed by atoms with E-state index in [1.807, 2.05) is 6.07 Å². The van der Waals surface area contributed by atoms with Gasteiger partial charge in [-0.1, -0.05) is 19.0 Å². The maximum atomic E-state index is 11.9. The Balaban J connectivity index is 2.17. The molecule has 0 radical (unpaired) electrons. The zero-order chi connectivity index (χ0) is 13.1. The van der Waals surface area contributed by atoms with Crippen LogP contribution in [0.25, 0.3) is 0 Å². The molecule has 0 aliphatic rings. The van der Waals surface area contributed by atoms with Gasteiger partial charge in [0.1, 0.15) is 11.8 Å². The SMILES string of the molecule is Cc1nocc1C(=O)Nc1cncc(C(C)C)c1. The number of pyridine rings is 1. The largest absolute Gasteiger partial charge is 0.364 e. The molecule has 0 bridgehead atoms. The smallest absolute Gasteiger partial charge is 0.260 e. The number of hydrogen-bond acceptors (Lipinski definition) is 4. The summed E-state index contributed by atoms with van der Waals surface area (Å²) >= 11 is 0. The lowest BCUT2D eigenvalue weighted by Crippen LogP contribution is -2.12. The lowest BCUT2D eigenvalue weighted by atomic mass is 10.1. The number of carbonyl (C=O) groups is 1. The van der Waals surface area contributed by atoms with Gasteiger partial charge in [-0.15, -0.1) is 0 Å². The van der Waals surface area contributed by atoms with Crippen LogP contribution in [0, 0.1) is 6.92 Å². The zero-order valence-electron chi connectivity index (χ0n) is 10.6. The molecule has 2 rings (SSSR count). The second-order valence-corrected chi connectivity index (χ2v) is 4.43. The van der Waals surface area contributed by atoms with Crippen molar-refractivity contribution in [1.82, 2.24) is 10.1 Å². The normalized spacial score (nSPS) is 10.7. The first-order chi connectivity index (χ1) is 8.58. The minimum absolute atomic E-state index is 0.239. The standard InChI is InChI=1S/C13H15N3O2/c1-8(2)10-4-11(6-14-5-10)15-13(17)12-7-18-16-9(12)3/h4-8H,1-3H3,(H,15,17). The van der Waals surface area contributed by atoms with E-state index in [9.17, 15) is 4.79 Å². The number of aryl methyl sites for hydroxylation is 1.